The summed E-state index contributed by atoms with van der Waals surface area (Å²) in [6, 6.07) is 0.307. The van der Waals surface area contributed by atoms with Gasteiger partial charge in [-0.15, -0.1) is 0 Å². The van der Waals surface area contributed by atoms with Gasteiger partial charge in [-0.2, -0.15) is 0 Å². The van der Waals surface area contributed by atoms with Crippen molar-refractivity contribution in [3.63, 3.8) is 0 Å². The molecule has 0 spiro atoms. The molecule has 3 fully saturated rings. The maximum atomic E-state index is 11.8. The topological polar surface area (TPSA) is 57.2 Å². The Bertz CT molecular complexity index is 445. The van der Waals surface area contributed by atoms with Crippen molar-refractivity contribution in [3.05, 3.63) is 0 Å². The SMILES string of the molecule is CC(C)NC(=NCC(=O)N(C)C)N1CC2C3CCC(O3)C2C1. The molecule has 0 aromatic heterocycles. The highest BCUT2D eigenvalue weighted by molar-refractivity contribution is 5.85. The maximum Gasteiger partial charge on any atom is 0.243 e. The van der Waals surface area contributed by atoms with E-state index in [-0.39, 0.29) is 12.5 Å². The third kappa shape index (κ3) is 2.93. The van der Waals surface area contributed by atoms with Crippen molar-refractivity contribution >= 4 is 11.9 Å². The van der Waals surface area contributed by atoms with Gasteiger partial charge in [0.05, 0.1) is 12.2 Å². The molecule has 22 heavy (non-hydrogen) atoms. The van der Waals surface area contributed by atoms with Gasteiger partial charge in [-0.1, -0.05) is 0 Å². The number of likely N-dealkylation sites (N-methyl/N-ethyl adjacent to an activating group) is 1. The number of carbonyl (C=O) groups is 1. The number of fused-ring (bicyclic) bond motifs is 5. The summed E-state index contributed by atoms with van der Waals surface area (Å²) in [5.74, 6) is 2.19. The van der Waals surface area contributed by atoms with Gasteiger partial charge in [-0.05, 0) is 26.7 Å². The van der Waals surface area contributed by atoms with Gasteiger partial charge >= 0.3 is 0 Å². The van der Waals surface area contributed by atoms with Gasteiger partial charge in [0.1, 0.15) is 6.54 Å². The van der Waals surface area contributed by atoms with Crippen LogP contribution in [-0.2, 0) is 9.53 Å². The van der Waals surface area contributed by atoms with E-state index in [1.807, 2.05) is 0 Å². The molecule has 124 valence electrons. The van der Waals surface area contributed by atoms with Crippen LogP contribution in [0.2, 0.25) is 0 Å². The average Bonchev–Trinajstić information content (AvgIpc) is 3.13. The van der Waals surface area contributed by atoms with Crippen molar-refractivity contribution in [2.75, 3.05) is 33.7 Å². The number of nitrogens with one attached hydrogen (secondary N) is 1. The lowest BCUT2D eigenvalue weighted by Gasteiger charge is -2.25. The molecular formula is C16H28N4O2. The largest absolute Gasteiger partial charge is 0.374 e. The molecule has 2 bridgehead atoms. The molecule has 6 heteroatoms. The molecule has 3 rings (SSSR count). The van der Waals surface area contributed by atoms with Gasteiger partial charge in [0.2, 0.25) is 5.91 Å². The first-order chi connectivity index (χ1) is 10.5. The van der Waals surface area contributed by atoms with Crippen LogP contribution in [0.5, 0.6) is 0 Å². The smallest absolute Gasteiger partial charge is 0.243 e. The summed E-state index contributed by atoms with van der Waals surface area (Å²) in [6.45, 7) is 6.41. The predicted octanol–water partition coefficient (Wildman–Crippen LogP) is 0.538. The molecule has 3 aliphatic heterocycles. The van der Waals surface area contributed by atoms with E-state index >= 15 is 0 Å². The third-order valence-electron chi connectivity index (χ3n) is 5.03. The first-order valence-electron chi connectivity index (χ1n) is 8.37. The van der Waals surface area contributed by atoms with Crippen molar-refractivity contribution in [3.8, 4) is 0 Å². The van der Waals surface area contributed by atoms with Gasteiger partial charge in [0, 0.05) is 45.1 Å². The van der Waals surface area contributed by atoms with Crippen molar-refractivity contribution < 1.29 is 9.53 Å². The quantitative estimate of drug-likeness (QED) is 0.611. The summed E-state index contributed by atoms with van der Waals surface area (Å²) in [4.78, 5) is 20.3. The predicted molar refractivity (Wildman–Crippen MR) is 85.7 cm³/mol. The summed E-state index contributed by atoms with van der Waals surface area (Å²) in [5, 5.41) is 3.42. The minimum atomic E-state index is 0.0332. The molecule has 4 unspecified atom stereocenters. The molecule has 0 saturated carbocycles. The van der Waals surface area contributed by atoms with Crippen LogP contribution in [0.25, 0.3) is 0 Å². The number of rotatable bonds is 3. The molecule has 4 atom stereocenters. The Balaban J connectivity index is 1.68. The van der Waals surface area contributed by atoms with Crippen LogP contribution in [-0.4, -0.2) is 73.6 Å². The van der Waals surface area contributed by atoms with Gasteiger partial charge < -0.3 is 19.9 Å². The van der Waals surface area contributed by atoms with E-state index in [9.17, 15) is 4.79 Å². The highest BCUT2D eigenvalue weighted by Crippen LogP contribution is 2.47. The number of guanidine groups is 1. The number of amides is 1. The fourth-order valence-electron chi connectivity index (χ4n) is 3.91. The van der Waals surface area contributed by atoms with E-state index < -0.39 is 0 Å². The fraction of sp³-hybridized carbons (Fsp3) is 0.875. The van der Waals surface area contributed by atoms with Crippen LogP contribution in [0.3, 0.4) is 0 Å². The molecule has 0 aliphatic carbocycles. The highest BCUT2D eigenvalue weighted by atomic mass is 16.5. The Morgan fingerprint density at radius 1 is 1.27 bits per heavy atom. The monoisotopic (exact) mass is 308 g/mol. The number of likely N-dealkylation sites (tertiary alicyclic amines) is 1. The number of ether oxygens (including phenoxy) is 1. The van der Waals surface area contributed by atoms with Gasteiger partial charge in [-0.25, -0.2) is 4.99 Å². The summed E-state index contributed by atoms with van der Waals surface area (Å²) in [7, 11) is 3.53. The molecule has 3 heterocycles. The standard InChI is InChI=1S/C16H28N4O2/c1-10(2)18-16(17-7-15(21)19(3)4)20-8-11-12(9-20)14-6-5-13(11)22-14/h10-14H,5-9H2,1-4H3,(H,17,18). The highest BCUT2D eigenvalue weighted by Gasteiger charge is 2.53. The molecule has 3 saturated heterocycles. The van der Waals surface area contributed by atoms with Gasteiger partial charge in [-0.3, -0.25) is 4.79 Å². The summed E-state index contributed by atoms with van der Waals surface area (Å²) < 4.78 is 6.03. The molecule has 0 aromatic carbocycles. The Labute approximate surface area is 132 Å². The average molecular weight is 308 g/mol. The molecule has 1 amide bonds. The first-order valence-corrected chi connectivity index (χ1v) is 8.37. The molecule has 0 radical (unpaired) electrons. The number of nitrogens with zero attached hydrogens (tertiary/aromatic N) is 3. The minimum Gasteiger partial charge on any atom is -0.374 e. The Morgan fingerprint density at radius 3 is 2.36 bits per heavy atom. The molecule has 6 nitrogen and oxygen atoms in total. The normalized spacial score (nSPS) is 33.5. The number of hydrogen-bond donors (Lipinski definition) is 1. The second kappa shape index (κ2) is 6.07. The van der Waals surface area contributed by atoms with E-state index in [4.69, 9.17) is 4.74 Å². The van der Waals surface area contributed by atoms with Crippen molar-refractivity contribution in [1.29, 1.82) is 0 Å². The second-order valence-electron chi connectivity index (χ2n) is 7.25. The van der Waals surface area contributed by atoms with E-state index in [1.54, 1.807) is 19.0 Å². The van der Waals surface area contributed by atoms with Crippen LogP contribution in [0.1, 0.15) is 26.7 Å². The summed E-state index contributed by atoms with van der Waals surface area (Å²) in [6.07, 6.45) is 3.32. The molecule has 0 aromatic rings. The zero-order valence-corrected chi connectivity index (χ0v) is 14.1. The van der Waals surface area contributed by atoms with E-state index in [1.165, 1.54) is 12.8 Å². The minimum absolute atomic E-state index is 0.0332. The Hall–Kier alpha value is -1.30. The summed E-state index contributed by atoms with van der Waals surface area (Å²) >= 11 is 0. The van der Waals surface area contributed by atoms with Crippen LogP contribution < -0.4 is 5.32 Å². The third-order valence-corrected chi connectivity index (χ3v) is 5.03. The van der Waals surface area contributed by atoms with E-state index in [0.29, 0.717) is 30.1 Å². The fourth-order valence-corrected chi connectivity index (χ4v) is 3.91. The second-order valence-corrected chi connectivity index (χ2v) is 7.25. The maximum absolute atomic E-state index is 11.8. The lowest BCUT2D eigenvalue weighted by Crippen LogP contribution is -2.44. The van der Waals surface area contributed by atoms with Crippen molar-refractivity contribution in [2.45, 2.75) is 44.9 Å². The van der Waals surface area contributed by atoms with Crippen LogP contribution in [0, 0.1) is 11.8 Å². The number of aliphatic imine (C=N–C) groups is 1. The Kier molecular flexibility index (Phi) is 4.30. The lowest BCUT2D eigenvalue weighted by molar-refractivity contribution is -0.127. The van der Waals surface area contributed by atoms with E-state index in [0.717, 1.165) is 19.0 Å². The van der Waals surface area contributed by atoms with Crippen LogP contribution in [0.4, 0.5) is 0 Å². The number of hydrogen-bond acceptors (Lipinski definition) is 3. The molecule has 3 aliphatic rings. The van der Waals surface area contributed by atoms with Crippen molar-refractivity contribution in [1.82, 2.24) is 15.1 Å². The van der Waals surface area contributed by atoms with Crippen LogP contribution in [0.15, 0.2) is 4.99 Å². The summed E-state index contributed by atoms with van der Waals surface area (Å²) in [5.41, 5.74) is 0. The zero-order chi connectivity index (χ0) is 15.9. The Morgan fingerprint density at radius 2 is 1.86 bits per heavy atom. The molecule has 1 N–H and O–H groups in total. The van der Waals surface area contributed by atoms with E-state index in [2.05, 4.69) is 29.1 Å². The first kappa shape index (κ1) is 15.6. The van der Waals surface area contributed by atoms with Crippen LogP contribution >= 0.6 is 0 Å². The van der Waals surface area contributed by atoms with Gasteiger partial charge in [0.25, 0.3) is 0 Å². The number of carbonyl (C=O) groups excluding carboxylic acids is 1. The zero-order valence-electron chi connectivity index (χ0n) is 14.1. The van der Waals surface area contributed by atoms with Gasteiger partial charge in [0.15, 0.2) is 5.96 Å². The van der Waals surface area contributed by atoms with Crippen molar-refractivity contribution in [2.24, 2.45) is 16.8 Å². The molecular weight excluding hydrogens is 280 g/mol. The lowest BCUT2D eigenvalue weighted by atomic mass is 9.82.